The minimum absolute atomic E-state index is 0.0199. The Hall–Kier alpha value is -2.00. The van der Waals surface area contributed by atoms with Crippen molar-refractivity contribution in [2.24, 2.45) is 5.92 Å². The molecule has 1 aliphatic carbocycles. The SMILES string of the molecule is Cc1cc(F)cc(S(=O)(=O)C2(C3CCN(C(=O)Nc4ccns4)CC3)CC2)c1. The smallest absolute Gasteiger partial charge is 0.322 e. The third-order valence-corrected chi connectivity index (χ3v) is 9.13. The van der Waals surface area contributed by atoms with Crippen LogP contribution in [0.4, 0.5) is 14.2 Å². The molecule has 2 aromatic rings. The van der Waals surface area contributed by atoms with Crippen LogP contribution in [0.3, 0.4) is 0 Å². The van der Waals surface area contributed by atoms with Crippen LogP contribution in [0.15, 0.2) is 35.4 Å². The van der Waals surface area contributed by atoms with Gasteiger partial charge in [0.2, 0.25) is 0 Å². The van der Waals surface area contributed by atoms with E-state index in [4.69, 9.17) is 0 Å². The molecule has 6 nitrogen and oxygen atoms in total. The van der Waals surface area contributed by atoms with Gasteiger partial charge in [-0.3, -0.25) is 5.32 Å². The number of aromatic nitrogens is 1. The van der Waals surface area contributed by atoms with Crippen LogP contribution < -0.4 is 5.32 Å². The van der Waals surface area contributed by atoms with Crippen LogP contribution in [-0.2, 0) is 9.84 Å². The largest absolute Gasteiger partial charge is 0.324 e. The summed E-state index contributed by atoms with van der Waals surface area (Å²) in [5.74, 6) is -0.544. The molecule has 1 N–H and O–H groups in total. The molecule has 150 valence electrons. The summed E-state index contributed by atoms with van der Waals surface area (Å²) in [4.78, 5) is 14.2. The Morgan fingerprint density at radius 2 is 2.00 bits per heavy atom. The van der Waals surface area contributed by atoms with Gasteiger partial charge in [-0.1, -0.05) is 0 Å². The van der Waals surface area contributed by atoms with Crippen molar-refractivity contribution < 1.29 is 17.6 Å². The first kappa shape index (κ1) is 19.3. The zero-order chi connectivity index (χ0) is 19.9. The Kier molecular flexibility index (Phi) is 4.91. The fraction of sp³-hybridized carbons (Fsp3) is 0.474. The molecule has 0 atom stereocenters. The van der Waals surface area contributed by atoms with Gasteiger partial charge in [-0.05, 0) is 79.9 Å². The zero-order valence-electron chi connectivity index (χ0n) is 15.5. The Bertz CT molecular complexity index is 960. The minimum atomic E-state index is -3.62. The van der Waals surface area contributed by atoms with Crippen LogP contribution >= 0.6 is 11.5 Å². The number of hydrogen-bond acceptors (Lipinski definition) is 5. The Labute approximate surface area is 167 Å². The number of rotatable bonds is 4. The van der Waals surface area contributed by atoms with E-state index in [-0.39, 0.29) is 16.8 Å². The van der Waals surface area contributed by atoms with Crippen LogP contribution in [0, 0.1) is 18.7 Å². The van der Waals surface area contributed by atoms with Gasteiger partial charge in [-0.15, -0.1) is 0 Å². The lowest BCUT2D eigenvalue weighted by Crippen LogP contribution is -2.45. The lowest BCUT2D eigenvalue weighted by atomic mass is 9.91. The van der Waals surface area contributed by atoms with E-state index in [1.54, 1.807) is 30.2 Å². The number of amides is 2. The van der Waals surface area contributed by atoms with Gasteiger partial charge in [0, 0.05) is 19.3 Å². The first-order valence-electron chi connectivity index (χ1n) is 9.30. The molecule has 2 fully saturated rings. The van der Waals surface area contributed by atoms with Crippen LogP contribution in [-0.4, -0.2) is 41.6 Å². The lowest BCUT2D eigenvalue weighted by molar-refractivity contribution is 0.179. The van der Waals surface area contributed by atoms with Gasteiger partial charge < -0.3 is 4.90 Å². The Morgan fingerprint density at radius 3 is 2.57 bits per heavy atom. The molecule has 0 radical (unpaired) electrons. The topological polar surface area (TPSA) is 79.4 Å². The van der Waals surface area contributed by atoms with Gasteiger partial charge >= 0.3 is 6.03 Å². The molecule has 1 aromatic heterocycles. The number of anilines is 1. The summed E-state index contributed by atoms with van der Waals surface area (Å²) >= 11 is 1.21. The van der Waals surface area contributed by atoms with E-state index in [9.17, 15) is 17.6 Å². The summed E-state index contributed by atoms with van der Waals surface area (Å²) in [6, 6.07) is 5.56. The normalized spacial score (nSPS) is 19.4. The van der Waals surface area contributed by atoms with E-state index >= 15 is 0 Å². The number of sulfone groups is 1. The molecule has 9 heteroatoms. The van der Waals surface area contributed by atoms with Crippen molar-refractivity contribution in [3.8, 4) is 0 Å². The predicted octanol–water partition coefficient (Wildman–Crippen LogP) is 3.84. The number of likely N-dealkylation sites (tertiary alicyclic amines) is 1. The molecular weight excluding hydrogens is 401 g/mol. The van der Waals surface area contributed by atoms with Crippen molar-refractivity contribution in [3.63, 3.8) is 0 Å². The van der Waals surface area contributed by atoms with Crippen molar-refractivity contribution >= 4 is 32.4 Å². The quantitative estimate of drug-likeness (QED) is 0.810. The molecule has 1 saturated heterocycles. The van der Waals surface area contributed by atoms with Crippen LogP contribution in [0.5, 0.6) is 0 Å². The van der Waals surface area contributed by atoms with Crippen LogP contribution in [0.2, 0.25) is 0 Å². The number of benzene rings is 1. The average molecular weight is 424 g/mol. The molecule has 0 bridgehead atoms. The molecule has 0 spiro atoms. The number of carbonyl (C=O) groups excluding carboxylic acids is 1. The van der Waals surface area contributed by atoms with Crippen molar-refractivity contribution in [1.82, 2.24) is 9.27 Å². The standard InChI is InChI=1S/C19H22FN3O3S2/c1-13-10-15(20)12-16(11-13)28(25,26)19(5-6-19)14-3-8-23(9-4-14)18(24)22-17-2-7-21-27-17/h2,7,10-12,14H,3-6,8-9H2,1H3,(H,22,24). The number of carbonyl (C=O) groups is 1. The van der Waals surface area contributed by atoms with Gasteiger partial charge in [0.15, 0.2) is 9.84 Å². The highest BCUT2D eigenvalue weighted by Gasteiger charge is 2.60. The second kappa shape index (κ2) is 7.11. The van der Waals surface area contributed by atoms with Gasteiger partial charge in [-0.2, -0.15) is 4.37 Å². The summed E-state index contributed by atoms with van der Waals surface area (Å²) in [5.41, 5.74) is 0.601. The van der Waals surface area contributed by atoms with Crippen LogP contribution in [0.1, 0.15) is 31.2 Å². The first-order valence-corrected chi connectivity index (χ1v) is 11.6. The zero-order valence-corrected chi connectivity index (χ0v) is 17.2. The average Bonchev–Trinajstić information content (AvgIpc) is 3.33. The van der Waals surface area contributed by atoms with E-state index in [2.05, 4.69) is 9.69 Å². The summed E-state index contributed by atoms with van der Waals surface area (Å²) in [5, 5.41) is 3.50. The number of nitrogens with one attached hydrogen (secondary N) is 1. The van der Waals surface area contributed by atoms with Gasteiger partial charge in [0.1, 0.15) is 10.8 Å². The maximum atomic E-state index is 13.8. The number of urea groups is 1. The fourth-order valence-corrected chi connectivity index (χ4v) is 7.07. The van der Waals surface area contributed by atoms with Crippen LogP contribution in [0.25, 0.3) is 0 Å². The second-order valence-corrected chi connectivity index (χ2v) is 10.7. The number of hydrogen-bond donors (Lipinski definition) is 1. The maximum Gasteiger partial charge on any atom is 0.322 e. The van der Waals surface area contributed by atoms with E-state index < -0.39 is 20.4 Å². The lowest BCUT2D eigenvalue weighted by Gasteiger charge is -2.36. The number of halogens is 1. The molecule has 0 unspecified atom stereocenters. The van der Waals surface area contributed by atoms with Gasteiger partial charge in [0.25, 0.3) is 0 Å². The highest BCUT2D eigenvalue weighted by atomic mass is 32.2. The molecule has 1 aromatic carbocycles. The van der Waals surface area contributed by atoms with E-state index in [1.165, 1.54) is 17.6 Å². The number of aryl methyl sites for hydroxylation is 1. The number of piperidine rings is 1. The fourth-order valence-electron chi connectivity index (χ4n) is 4.19. The first-order chi connectivity index (χ1) is 13.3. The Balaban J connectivity index is 1.46. The summed E-state index contributed by atoms with van der Waals surface area (Å²) in [6.07, 6.45) is 4.08. The third kappa shape index (κ3) is 3.41. The molecule has 28 heavy (non-hydrogen) atoms. The Morgan fingerprint density at radius 1 is 1.29 bits per heavy atom. The van der Waals surface area contributed by atoms with Crippen molar-refractivity contribution in [2.45, 2.75) is 42.2 Å². The number of nitrogens with zero attached hydrogens (tertiary/aromatic N) is 2. The summed E-state index contributed by atoms with van der Waals surface area (Å²) < 4.78 is 43.5. The van der Waals surface area contributed by atoms with Gasteiger partial charge in [-0.25, -0.2) is 17.6 Å². The predicted molar refractivity (Wildman–Crippen MR) is 106 cm³/mol. The molecule has 2 amide bonds. The third-order valence-electron chi connectivity index (χ3n) is 5.80. The summed E-state index contributed by atoms with van der Waals surface area (Å²) in [7, 11) is -3.62. The molecule has 1 aliphatic heterocycles. The molecular formula is C19H22FN3O3S2. The molecule has 2 heterocycles. The van der Waals surface area contributed by atoms with Gasteiger partial charge in [0.05, 0.1) is 9.64 Å². The van der Waals surface area contributed by atoms with E-state index in [0.29, 0.717) is 49.3 Å². The van der Waals surface area contributed by atoms with Crippen molar-refractivity contribution in [3.05, 3.63) is 41.8 Å². The molecule has 1 saturated carbocycles. The van der Waals surface area contributed by atoms with Crippen molar-refractivity contribution in [1.29, 1.82) is 0 Å². The summed E-state index contributed by atoms with van der Waals surface area (Å²) in [6.45, 7) is 2.71. The second-order valence-electron chi connectivity index (χ2n) is 7.60. The monoisotopic (exact) mass is 423 g/mol. The highest BCUT2D eigenvalue weighted by molar-refractivity contribution is 7.93. The van der Waals surface area contributed by atoms with E-state index in [1.807, 2.05) is 0 Å². The minimum Gasteiger partial charge on any atom is -0.324 e. The highest BCUT2D eigenvalue weighted by Crippen LogP contribution is 2.55. The molecule has 4 rings (SSSR count). The molecule has 2 aliphatic rings. The maximum absolute atomic E-state index is 13.8. The van der Waals surface area contributed by atoms with Crippen molar-refractivity contribution in [2.75, 3.05) is 18.4 Å². The van der Waals surface area contributed by atoms with E-state index in [0.717, 1.165) is 6.07 Å².